The highest BCUT2D eigenvalue weighted by Crippen LogP contribution is 2.32. The molecule has 1 heterocycles. The molecule has 2 nitrogen and oxygen atoms in total. The first-order chi connectivity index (χ1) is 8.11. The van der Waals surface area contributed by atoms with E-state index in [-0.39, 0.29) is 0 Å². The van der Waals surface area contributed by atoms with Crippen molar-refractivity contribution < 1.29 is 4.74 Å². The van der Waals surface area contributed by atoms with Crippen molar-refractivity contribution in [3.05, 3.63) is 41.7 Å². The molecule has 0 spiro atoms. The van der Waals surface area contributed by atoms with E-state index in [2.05, 4.69) is 43.9 Å². The van der Waals surface area contributed by atoms with E-state index in [9.17, 15) is 0 Å². The Morgan fingerprint density at radius 1 is 1.53 bits per heavy atom. The molecule has 0 saturated heterocycles. The molecule has 1 aromatic carbocycles. The van der Waals surface area contributed by atoms with Gasteiger partial charge in [-0.3, -0.25) is 0 Å². The Hall–Kier alpha value is -1.44. The second kappa shape index (κ2) is 4.82. The van der Waals surface area contributed by atoms with E-state index >= 15 is 0 Å². The van der Waals surface area contributed by atoms with E-state index in [0.29, 0.717) is 18.6 Å². The van der Waals surface area contributed by atoms with E-state index in [1.807, 2.05) is 6.92 Å². The van der Waals surface area contributed by atoms with Crippen molar-refractivity contribution in [1.82, 2.24) is 0 Å². The summed E-state index contributed by atoms with van der Waals surface area (Å²) in [4.78, 5) is 0. The van der Waals surface area contributed by atoms with Crippen molar-refractivity contribution in [1.29, 1.82) is 0 Å². The molecule has 0 fully saturated rings. The molecule has 1 aliphatic rings. The minimum Gasteiger partial charge on any atom is -0.498 e. The van der Waals surface area contributed by atoms with E-state index in [1.54, 1.807) is 0 Å². The maximum absolute atomic E-state index is 5.56. The molecule has 1 aromatic rings. The van der Waals surface area contributed by atoms with Crippen LogP contribution in [0.15, 0.2) is 30.5 Å². The van der Waals surface area contributed by atoms with Crippen LogP contribution in [0.3, 0.4) is 0 Å². The molecule has 17 heavy (non-hydrogen) atoms. The number of nitrogens with one attached hydrogen (secondary N) is 1. The fourth-order valence-corrected chi connectivity index (χ4v) is 2.45. The van der Waals surface area contributed by atoms with E-state index < -0.39 is 0 Å². The lowest BCUT2D eigenvalue weighted by Gasteiger charge is -2.33. The SMILES string of the molecule is C=C(OCC)C1Cc2ccc(C)cc2N[C@@H]1C. The van der Waals surface area contributed by atoms with Crippen LogP contribution in [-0.4, -0.2) is 12.6 Å². The second-order valence-electron chi connectivity index (χ2n) is 4.80. The molecular weight excluding hydrogens is 210 g/mol. The number of ether oxygens (including phenoxy) is 1. The van der Waals surface area contributed by atoms with Gasteiger partial charge in [-0.2, -0.15) is 0 Å². The zero-order valence-electron chi connectivity index (χ0n) is 10.9. The van der Waals surface area contributed by atoms with Crippen LogP contribution in [-0.2, 0) is 11.2 Å². The van der Waals surface area contributed by atoms with Crippen molar-refractivity contribution >= 4 is 5.69 Å². The first-order valence-electron chi connectivity index (χ1n) is 6.29. The molecule has 0 amide bonds. The van der Waals surface area contributed by atoms with Gasteiger partial charge in [-0.25, -0.2) is 0 Å². The number of benzene rings is 1. The van der Waals surface area contributed by atoms with Gasteiger partial charge in [0.15, 0.2) is 0 Å². The predicted octanol–water partition coefficient (Wildman–Crippen LogP) is 3.52. The van der Waals surface area contributed by atoms with Crippen molar-refractivity contribution in [2.45, 2.75) is 33.2 Å². The number of fused-ring (bicyclic) bond motifs is 1. The zero-order chi connectivity index (χ0) is 12.4. The lowest BCUT2D eigenvalue weighted by atomic mass is 9.86. The zero-order valence-corrected chi connectivity index (χ0v) is 10.9. The third-order valence-electron chi connectivity index (χ3n) is 3.44. The van der Waals surface area contributed by atoms with Crippen LogP contribution in [0.5, 0.6) is 0 Å². The van der Waals surface area contributed by atoms with Crippen molar-refractivity contribution in [2.24, 2.45) is 5.92 Å². The number of rotatable bonds is 3. The monoisotopic (exact) mass is 231 g/mol. The molecule has 92 valence electrons. The Kier molecular flexibility index (Phi) is 3.41. The molecule has 0 aliphatic carbocycles. The Bertz CT molecular complexity index is 425. The van der Waals surface area contributed by atoms with E-state index in [1.165, 1.54) is 16.8 Å². The van der Waals surface area contributed by atoms with Gasteiger partial charge in [0.2, 0.25) is 0 Å². The minimum atomic E-state index is 0.366. The Morgan fingerprint density at radius 2 is 2.29 bits per heavy atom. The maximum Gasteiger partial charge on any atom is 0.0942 e. The van der Waals surface area contributed by atoms with Gasteiger partial charge < -0.3 is 10.1 Å². The van der Waals surface area contributed by atoms with E-state index in [0.717, 1.165) is 12.2 Å². The first-order valence-corrected chi connectivity index (χ1v) is 6.29. The molecule has 1 unspecified atom stereocenters. The molecule has 1 aliphatic heterocycles. The van der Waals surface area contributed by atoms with E-state index in [4.69, 9.17) is 4.74 Å². The van der Waals surface area contributed by atoms with Gasteiger partial charge in [0, 0.05) is 17.6 Å². The normalized spacial score (nSPS) is 22.5. The van der Waals surface area contributed by atoms with Gasteiger partial charge in [-0.05, 0) is 44.4 Å². The molecular formula is C15H21NO. The standard InChI is InChI=1S/C15H21NO/c1-5-17-12(4)14-9-13-7-6-10(2)8-15(13)16-11(14)3/h6-8,11,14,16H,4-5,9H2,1-3H3/t11-,14?/m1/s1. The van der Waals surface area contributed by atoms with Crippen LogP contribution < -0.4 is 5.32 Å². The van der Waals surface area contributed by atoms with Gasteiger partial charge in [0.25, 0.3) is 0 Å². The number of aryl methyl sites for hydroxylation is 1. The molecule has 2 rings (SSSR count). The molecule has 0 aromatic heterocycles. The van der Waals surface area contributed by atoms with Gasteiger partial charge in [0.05, 0.1) is 12.4 Å². The second-order valence-corrected chi connectivity index (χ2v) is 4.80. The highest BCUT2D eigenvalue weighted by molar-refractivity contribution is 5.56. The van der Waals surface area contributed by atoms with Gasteiger partial charge in [-0.15, -0.1) is 0 Å². The van der Waals surface area contributed by atoms with Gasteiger partial charge in [-0.1, -0.05) is 18.7 Å². The predicted molar refractivity (Wildman–Crippen MR) is 72.2 cm³/mol. The van der Waals surface area contributed by atoms with Crippen molar-refractivity contribution in [3.63, 3.8) is 0 Å². The third-order valence-corrected chi connectivity index (χ3v) is 3.44. The summed E-state index contributed by atoms with van der Waals surface area (Å²) in [6.45, 7) is 11.1. The van der Waals surface area contributed by atoms with Gasteiger partial charge >= 0.3 is 0 Å². The largest absolute Gasteiger partial charge is 0.498 e. The Balaban J connectivity index is 2.21. The molecule has 0 radical (unpaired) electrons. The summed E-state index contributed by atoms with van der Waals surface area (Å²) in [6.07, 6.45) is 1.02. The molecule has 0 saturated carbocycles. The number of hydrogen-bond acceptors (Lipinski definition) is 2. The van der Waals surface area contributed by atoms with Crippen LogP contribution in [0, 0.1) is 12.8 Å². The third kappa shape index (κ3) is 2.46. The average molecular weight is 231 g/mol. The van der Waals surface area contributed by atoms with Crippen LogP contribution >= 0.6 is 0 Å². The lowest BCUT2D eigenvalue weighted by Crippen LogP contribution is -2.34. The highest BCUT2D eigenvalue weighted by atomic mass is 16.5. The summed E-state index contributed by atoms with van der Waals surface area (Å²) in [5.74, 6) is 1.27. The smallest absolute Gasteiger partial charge is 0.0942 e. The van der Waals surface area contributed by atoms with Crippen LogP contribution in [0.1, 0.15) is 25.0 Å². The summed E-state index contributed by atoms with van der Waals surface area (Å²) in [5.41, 5.74) is 3.92. The molecule has 0 bridgehead atoms. The lowest BCUT2D eigenvalue weighted by molar-refractivity contribution is 0.184. The molecule has 1 N–H and O–H groups in total. The fourth-order valence-electron chi connectivity index (χ4n) is 2.45. The van der Waals surface area contributed by atoms with Crippen LogP contribution in [0.4, 0.5) is 5.69 Å². The van der Waals surface area contributed by atoms with Crippen molar-refractivity contribution in [2.75, 3.05) is 11.9 Å². The Labute approximate surface area is 104 Å². The highest BCUT2D eigenvalue weighted by Gasteiger charge is 2.27. The van der Waals surface area contributed by atoms with Gasteiger partial charge in [0.1, 0.15) is 0 Å². The summed E-state index contributed by atoms with van der Waals surface area (Å²) < 4.78 is 5.56. The maximum atomic E-state index is 5.56. The fraction of sp³-hybridized carbons (Fsp3) is 0.467. The Morgan fingerprint density at radius 3 is 3.00 bits per heavy atom. The van der Waals surface area contributed by atoms with Crippen LogP contribution in [0.2, 0.25) is 0 Å². The summed E-state index contributed by atoms with van der Waals surface area (Å²) in [5, 5.41) is 3.55. The summed E-state index contributed by atoms with van der Waals surface area (Å²) in [7, 11) is 0. The molecule has 2 heteroatoms. The minimum absolute atomic E-state index is 0.366. The quantitative estimate of drug-likeness (QED) is 0.804. The first kappa shape index (κ1) is 12.0. The number of anilines is 1. The number of hydrogen-bond donors (Lipinski definition) is 1. The topological polar surface area (TPSA) is 21.3 Å². The summed E-state index contributed by atoms with van der Waals surface area (Å²) >= 11 is 0. The van der Waals surface area contributed by atoms with Crippen LogP contribution in [0.25, 0.3) is 0 Å². The summed E-state index contributed by atoms with van der Waals surface area (Å²) in [6, 6.07) is 6.96. The molecule has 2 atom stereocenters. The van der Waals surface area contributed by atoms with Crippen molar-refractivity contribution in [3.8, 4) is 0 Å². The average Bonchev–Trinajstić information content (AvgIpc) is 2.28.